The van der Waals surface area contributed by atoms with Crippen LogP contribution in [-0.4, -0.2) is 15.9 Å². The molecule has 0 spiro atoms. The highest BCUT2D eigenvalue weighted by Crippen LogP contribution is 2.29. The highest BCUT2D eigenvalue weighted by atomic mass is 32.1. The van der Waals surface area contributed by atoms with Gasteiger partial charge in [-0.3, -0.25) is 4.79 Å². The number of hydrogen-bond acceptors (Lipinski definition) is 4. The maximum Gasteiger partial charge on any atom is 0.268 e. The van der Waals surface area contributed by atoms with E-state index in [0.29, 0.717) is 10.7 Å². The number of benzene rings is 1. The number of thiazole rings is 1. The number of pyridine rings is 1. The standard InChI is InChI=1S/C19H19N3OS/c1-4-14-7-9-15(10-8-14)19-21-13(3)16(24-19)18(23)22-17-12(2)6-5-11-20-17/h5-11H,4H2,1-3H3,(H,20,22,23). The van der Waals surface area contributed by atoms with Crippen LogP contribution in [0.4, 0.5) is 5.82 Å². The van der Waals surface area contributed by atoms with Gasteiger partial charge in [0.05, 0.1) is 5.69 Å². The molecular formula is C19H19N3OS. The van der Waals surface area contributed by atoms with E-state index in [2.05, 4.69) is 46.5 Å². The molecule has 0 radical (unpaired) electrons. The van der Waals surface area contributed by atoms with Gasteiger partial charge in [-0.2, -0.15) is 0 Å². The molecule has 0 unspecified atom stereocenters. The Morgan fingerprint density at radius 1 is 1.17 bits per heavy atom. The number of rotatable bonds is 4. The number of carbonyl (C=O) groups excluding carboxylic acids is 1. The van der Waals surface area contributed by atoms with Crippen LogP contribution in [0.3, 0.4) is 0 Å². The lowest BCUT2D eigenvalue weighted by Gasteiger charge is -2.05. The molecule has 0 aliphatic heterocycles. The third kappa shape index (κ3) is 3.36. The largest absolute Gasteiger partial charge is 0.306 e. The molecule has 5 heteroatoms. The van der Waals surface area contributed by atoms with E-state index in [1.165, 1.54) is 16.9 Å². The van der Waals surface area contributed by atoms with Crippen LogP contribution in [0.2, 0.25) is 0 Å². The number of carbonyl (C=O) groups is 1. The molecule has 0 saturated carbocycles. The molecule has 3 aromatic rings. The summed E-state index contributed by atoms with van der Waals surface area (Å²) in [5.41, 5.74) is 3.99. The Bertz CT molecular complexity index is 869. The van der Waals surface area contributed by atoms with Gasteiger partial charge in [-0.15, -0.1) is 11.3 Å². The summed E-state index contributed by atoms with van der Waals surface area (Å²) < 4.78 is 0. The lowest BCUT2D eigenvalue weighted by molar-refractivity contribution is 0.102. The van der Waals surface area contributed by atoms with E-state index >= 15 is 0 Å². The van der Waals surface area contributed by atoms with Crippen molar-refractivity contribution in [2.45, 2.75) is 27.2 Å². The number of aryl methyl sites for hydroxylation is 3. The van der Waals surface area contributed by atoms with Crippen LogP contribution in [0, 0.1) is 13.8 Å². The van der Waals surface area contributed by atoms with Crippen molar-refractivity contribution in [1.29, 1.82) is 0 Å². The van der Waals surface area contributed by atoms with Crippen molar-refractivity contribution in [3.8, 4) is 10.6 Å². The predicted molar refractivity (Wildman–Crippen MR) is 98.6 cm³/mol. The van der Waals surface area contributed by atoms with Crippen molar-refractivity contribution in [3.63, 3.8) is 0 Å². The zero-order valence-corrected chi connectivity index (χ0v) is 14.8. The Labute approximate surface area is 145 Å². The van der Waals surface area contributed by atoms with E-state index in [0.717, 1.165) is 28.2 Å². The average Bonchev–Trinajstić information content (AvgIpc) is 2.99. The molecule has 1 amide bonds. The van der Waals surface area contributed by atoms with Crippen LogP contribution < -0.4 is 5.32 Å². The van der Waals surface area contributed by atoms with Crippen molar-refractivity contribution in [3.05, 3.63) is 64.3 Å². The lowest BCUT2D eigenvalue weighted by atomic mass is 10.1. The summed E-state index contributed by atoms with van der Waals surface area (Å²) in [6.07, 6.45) is 2.68. The zero-order valence-electron chi connectivity index (χ0n) is 14.0. The topological polar surface area (TPSA) is 54.9 Å². The summed E-state index contributed by atoms with van der Waals surface area (Å²) in [5.74, 6) is 0.423. The minimum absolute atomic E-state index is 0.164. The van der Waals surface area contributed by atoms with E-state index in [9.17, 15) is 4.79 Å². The first-order valence-corrected chi connectivity index (χ1v) is 8.70. The monoisotopic (exact) mass is 337 g/mol. The lowest BCUT2D eigenvalue weighted by Crippen LogP contribution is -2.13. The van der Waals surface area contributed by atoms with Gasteiger partial charge in [0.2, 0.25) is 0 Å². The Hall–Kier alpha value is -2.53. The molecule has 0 aliphatic rings. The zero-order chi connectivity index (χ0) is 17.1. The third-order valence-electron chi connectivity index (χ3n) is 3.85. The van der Waals surface area contributed by atoms with Crippen molar-refractivity contribution >= 4 is 23.1 Å². The molecule has 0 fully saturated rings. The van der Waals surface area contributed by atoms with Gasteiger partial charge in [-0.25, -0.2) is 9.97 Å². The summed E-state index contributed by atoms with van der Waals surface area (Å²) in [6, 6.07) is 12.1. The van der Waals surface area contributed by atoms with Gasteiger partial charge in [0.1, 0.15) is 15.7 Å². The molecule has 2 aromatic heterocycles. The summed E-state index contributed by atoms with van der Waals surface area (Å²) in [4.78, 5) is 21.9. The van der Waals surface area contributed by atoms with Crippen LogP contribution in [-0.2, 0) is 6.42 Å². The maximum atomic E-state index is 12.6. The normalized spacial score (nSPS) is 10.6. The molecule has 3 rings (SSSR count). The average molecular weight is 337 g/mol. The van der Waals surface area contributed by atoms with Gasteiger partial charge in [0.15, 0.2) is 0 Å². The number of nitrogens with zero attached hydrogens (tertiary/aromatic N) is 2. The number of nitrogens with one attached hydrogen (secondary N) is 1. The Balaban J connectivity index is 1.85. The Morgan fingerprint density at radius 3 is 2.58 bits per heavy atom. The second-order valence-corrected chi connectivity index (χ2v) is 6.61. The molecule has 0 atom stereocenters. The Morgan fingerprint density at radius 2 is 1.92 bits per heavy atom. The second-order valence-electron chi connectivity index (χ2n) is 5.61. The van der Waals surface area contributed by atoms with Gasteiger partial charge in [0.25, 0.3) is 5.91 Å². The molecule has 4 nitrogen and oxygen atoms in total. The number of amides is 1. The molecular weight excluding hydrogens is 318 g/mol. The van der Waals surface area contributed by atoms with Crippen LogP contribution in [0.5, 0.6) is 0 Å². The first kappa shape index (κ1) is 16.3. The maximum absolute atomic E-state index is 12.6. The van der Waals surface area contributed by atoms with E-state index in [1.54, 1.807) is 6.20 Å². The van der Waals surface area contributed by atoms with Crippen molar-refractivity contribution in [1.82, 2.24) is 9.97 Å². The van der Waals surface area contributed by atoms with Crippen LogP contribution in [0.15, 0.2) is 42.6 Å². The van der Waals surface area contributed by atoms with Crippen LogP contribution in [0.1, 0.15) is 33.4 Å². The summed E-state index contributed by atoms with van der Waals surface area (Å²) in [6.45, 7) is 5.91. The summed E-state index contributed by atoms with van der Waals surface area (Å²) >= 11 is 1.41. The number of anilines is 1. The van der Waals surface area contributed by atoms with Crippen molar-refractivity contribution in [2.75, 3.05) is 5.32 Å². The van der Waals surface area contributed by atoms with Crippen LogP contribution >= 0.6 is 11.3 Å². The van der Waals surface area contributed by atoms with E-state index in [4.69, 9.17) is 0 Å². The van der Waals surface area contributed by atoms with E-state index < -0.39 is 0 Å². The quantitative estimate of drug-likeness (QED) is 0.755. The van der Waals surface area contributed by atoms with Crippen LogP contribution in [0.25, 0.3) is 10.6 Å². The third-order valence-corrected chi connectivity index (χ3v) is 5.06. The molecule has 0 aliphatic carbocycles. The van der Waals surface area contributed by atoms with Gasteiger partial charge >= 0.3 is 0 Å². The first-order chi connectivity index (χ1) is 11.6. The smallest absolute Gasteiger partial charge is 0.268 e. The molecule has 2 heterocycles. The molecule has 1 aromatic carbocycles. The van der Waals surface area contributed by atoms with E-state index in [1.807, 2.05) is 26.0 Å². The molecule has 0 bridgehead atoms. The first-order valence-electron chi connectivity index (χ1n) is 7.88. The van der Waals surface area contributed by atoms with Crippen molar-refractivity contribution in [2.24, 2.45) is 0 Å². The minimum atomic E-state index is -0.164. The van der Waals surface area contributed by atoms with Gasteiger partial charge in [-0.1, -0.05) is 37.3 Å². The minimum Gasteiger partial charge on any atom is -0.306 e. The highest BCUT2D eigenvalue weighted by molar-refractivity contribution is 7.17. The summed E-state index contributed by atoms with van der Waals surface area (Å²) in [7, 11) is 0. The molecule has 122 valence electrons. The summed E-state index contributed by atoms with van der Waals surface area (Å²) in [5, 5.41) is 3.73. The fourth-order valence-corrected chi connectivity index (χ4v) is 3.36. The van der Waals surface area contributed by atoms with Crippen molar-refractivity contribution < 1.29 is 4.79 Å². The van der Waals surface area contributed by atoms with Gasteiger partial charge in [-0.05, 0) is 37.5 Å². The SMILES string of the molecule is CCc1ccc(-c2nc(C)c(C(=O)Nc3ncccc3C)s2)cc1. The molecule has 24 heavy (non-hydrogen) atoms. The molecule has 0 saturated heterocycles. The Kier molecular flexibility index (Phi) is 4.71. The molecule has 1 N–H and O–H groups in total. The number of hydrogen-bond donors (Lipinski definition) is 1. The second kappa shape index (κ2) is 6.93. The predicted octanol–water partition coefficient (Wildman–Crippen LogP) is 4.64. The fourth-order valence-electron chi connectivity index (χ4n) is 2.39. The number of aromatic nitrogens is 2. The highest BCUT2D eigenvalue weighted by Gasteiger charge is 2.17. The van der Waals surface area contributed by atoms with Gasteiger partial charge in [0, 0.05) is 11.8 Å². The van der Waals surface area contributed by atoms with Gasteiger partial charge < -0.3 is 5.32 Å². The van der Waals surface area contributed by atoms with E-state index in [-0.39, 0.29) is 5.91 Å². The fraction of sp³-hybridized carbons (Fsp3) is 0.211.